The summed E-state index contributed by atoms with van der Waals surface area (Å²) in [5.41, 5.74) is -0.853. The molecule has 0 saturated carbocycles. The minimum absolute atomic E-state index is 0.111. The highest BCUT2D eigenvalue weighted by Gasteiger charge is 2.24. The van der Waals surface area contributed by atoms with E-state index in [0.717, 1.165) is 12.8 Å². The minimum Gasteiger partial charge on any atom is -0.389 e. The van der Waals surface area contributed by atoms with Crippen LogP contribution in [0.5, 0.6) is 0 Å². The molecule has 1 aliphatic heterocycles. The molecule has 1 atom stereocenters. The van der Waals surface area contributed by atoms with Crippen LogP contribution >= 0.6 is 0 Å². The largest absolute Gasteiger partial charge is 0.389 e. The second-order valence-corrected chi connectivity index (χ2v) is 4.03. The van der Waals surface area contributed by atoms with Crippen LogP contribution in [-0.2, 0) is 9.53 Å². The van der Waals surface area contributed by atoms with Gasteiger partial charge in [-0.15, -0.1) is 0 Å². The van der Waals surface area contributed by atoms with Gasteiger partial charge in [-0.2, -0.15) is 0 Å². The van der Waals surface area contributed by atoms with Gasteiger partial charge in [0.05, 0.1) is 5.60 Å². The molecule has 1 heterocycles. The molecule has 0 bridgehead atoms. The van der Waals surface area contributed by atoms with Crippen molar-refractivity contribution in [3.63, 3.8) is 0 Å². The van der Waals surface area contributed by atoms with Crippen LogP contribution in [0.3, 0.4) is 0 Å². The number of amides is 1. The van der Waals surface area contributed by atoms with E-state index in [9.17, 15) is 9.90 Å². The Morgan fingerprint density at radius 2 is 2.38 bits per heavy atom. The van der Waals surface area contributed by atoms with Crippen molar-refractivity contribution in [2.24, 2.45) is 0 Å². The summed E-state index contributed by atoms with van der Waals surface area (Å²) in [6.45, 7) is 4.25. The van der Waals surface area contributed by atoms with Crippen LogP contribution < -0.4 is 5.32 Å². The number of nitrogens with one attached hydrogen (secondary N) is 1. The first-order chi connectivity index (χ1) is 5.99. The molecule has 76 valence electrons. The molecule has 4 nitrogen and oxygen atoms in total. The molecule has 0 aromatic rings. The third-order valence-corrected chi connectivity index (χ3v) is 1.92. The van der Waals surface area contributed by atoms with Gasteiger partial charge in [0.2, 0.25) is 5.91 Å². The van der Waals surface area contributed by atoms with Gasteiger partial charge in [0.25, 0.3) is 0 Å². The first-order valence-corrected chi connectivity index (χ1v) is 4.61. The zero-order valence-electron chi connectivity index (χ0n) is 8.17. The summed E-state index contributed by atoms with van der Waals surface area (Å²) in [5.74, 6) is -0.111. The van der Waals surface area contributed by atoms with Crippen LogP contribution in [0.15, 0.2) is 0 Å². The van der Waals surface area contributed by atoms with E-state index >= 15 is 0 Å². The Morgan fingerprint density at radius 3 is 2.85 bits per heavy atom. The standard InChI is InChI=1S/C9H17NO3/c1-9(2,12)6-10-8(11)7-4-3-5-13-7/h7,12H,3-6H2,1-2H3,(H,10,11)/t7-/m1/s1. The van der Waals surface area contributed by atoms with Gasteiger partial charge >= 0.3 is 0 Å². The first kappa shape index (κ1) is 10.5. The van der Waals surface area contributed by atoms with Crippen LogP contribution in [0.2, 0.25) is 0 Å². The molecule has 1 aliphatic rings. The summed E-state index contributed by atoms with van der Waals surface area (Å²) < 4.78 is 5.19. The summed E-state index contributed by atoms with van der Waals surface area (Å²) >= 11 is 0. The molecule has 0 aliphatic carbocycles. The maximum Gasteiger partial charge on any atom is 0.249 e. The van der Waals surface area contributed by atoms with Crippen LogP contribution in [0.25, 0.3) is 0 Å². The zero-order valence-corrected chi connectivity index (χ0v) is 8.17. The van der Waals surface area contributed by atoms with Gasteiger partial charge in [0.15, 0.2) is 0 Å². The fraction of sp³-hybridized carbons (Fsp3) is 0.889. The van der Waals surface area contributed by atoms with E-state index in [-0.39, 0.29) is 18.6 Å². The monoisotopic (exact) mass is 187 g/mol. The number of rotatable bonds is 3. The van der Waals surface area contributed by atoms with Crippen LogP contribution in [0, 0.1) is 0 Å². The average molecular weight is 187 g/mol. The second-order valence-electron chi connectivity index (χ2n) is 4.03. The number of ether oxygens (including phenoxy) is 1. The molecule has 4 heteroatoms. The van der Waals surface area contributed by atoms with Gasteiger partial charge in [-0.25, -0.2) is 0 Å². The van der Waals surface area contributed by atoms with E-state index in [4.69, 9.17) is 4.74 Å². The number of carbonyl (C=O) groups excluding carboxylic acids is 1. The van der Waals surface area contributed by atoms with Crippen molar-refractivity contribution < 1.29 is 14.6 Å². The minimum atomic E-state index is -0.853. The van der Waals surface area contributed by atoms with Crippen LogP contribution in [0.1, 0.15) is 26.7 Å². The van der Waals surface area contributed by atoms with Gasteiger partial charge in [-0.05, 0) is 26.7 Å². The van der Waals surface area contributed by atoms with Gasteiger partial charge in [-0.3, -0.25) is 4.79 Å². The maximum absolute atomic E-state index is 11.3. The Bertz CT molecular complexity index is 180. The summed E-state index contributed by atoms with van der Waals surface area (Å²) in [7, 11) is 0. The number of carbonyl (C=O) groups is 1. The molecule has 0 spiro atoms. The normalized spacial score (nSPS) is 23.2. The van der Waals surface area contributed by atoms with E-state index in [2.05, 4.69) is 5.32 Å². The molecule has 1 amide bonds. The Balaban J connectivity index is 2.25. The van der Waals surface area contributed by atoms with E-state index in [0.29, 0.717) is 6.61 Å². The molecular weight excluding hydrogens is 170 g/mol. The summed E-state index contributed by atoms with van der Waals surface area (Å²) in [5, 5.41) is 12.0. The van der Waals surface area contributed by atoms with Gasteiger partial charge in [0.1, 0.15) is 6.10 Å². The van der Waals surface area contributed by atoms with Crippen molar-refractivity contribution in [1.29, 1.82) is 0 Å². The number of hydrogen-bond acceptors (Lipinski definition) is 3. The highest BCUT2D eigenvalue weighted by atomic mass is 16.5. The fourth-order valence-electron chi connectivity index (χ4n) is 1.20. The van der Waals surface area contributed by atoms with Crippen molar-refractivity contribution in [3.05, 3.63) is 0 Å². The van der Waals surface area contributed by atoms with Crippen LogP contribution in [0.4, 0.5) is 0 Å². The predicted molar refractivity (Wildman–Crippen MR) is 48.3 cm³/mol. The Morgan fingerprint density at radius 1 is 1.69 bits per heavy atom. The Hall–Kier alpha value is -0.610. The smallest absolute Gasteiger partial charge is 0.249 e. The SMILES string of the molecule is CC(C)(O)CNC(=O)[C@H]1CCCO1. The van der Waals surface area contributed by atoms with E-state index in [1.165, 1.54) is 0 Å². The lowest BCUT2D eigenvalue weighted by molar-refractivity contribution is -0.131. The molecule has 1 saturated heterocycles. The van der Waals surface area contributed by atoms with Crippen molar-refractivity contribution in [2.45, 2.75) is 38.4 Å². The molecule has 13 heavy (non-hydrogen) atoms. The van der Waals surface area contributed by atoms with E-state index < -0.39 is 5.60 Å². The van der Waals surface area contributed by atoms with Crippen molar-refractivity contribution >= 4 is 5.91 Å². The lowest BCUT2D eigenvalue weighted by atomic mass is 10.1. The molecular formula is C9H17NO3. The fourth-order valence-corrected chi connectivity index (χ4v) is 1.20. The molecule has 2 N–H and O–H groups in total. The Labute approximate surface area is 78.3 Å². The molecule has 0 aromatic heterocycles. The third kappa shape index (κ3) is 3.74. The number of hydrogen-bond donors (Lipinski definition) is 2. The van der Waals surface area contributed by atoms with Crippen LogP contribution in [-0.4, -0.2) is 35.9 Å². The molecule has 0 unspecified atom stereocenters. The average Bonchev–Trinajstić information content (AvgIpc) is 2.50. The van der Waals surface area contributed by atoms with Gasteiger partial charge in [-0.1, -0.05) is 0 Å². The van der Waals surface area contributed by atoms with Gasteiger partial charge < -0.3 is 15.2 Å². The zero-order chi connectivity index (χ0) is 9.90. The topological polar surface area (TPSA) is 58.6 Å². The first-order valence-electron chi connectivity index (χ1n) is 4.61. The highest BCUT2D eigenvalue weighted by molar-refractivity contribution is 5.81. The van der Waals surface area contributed by atoms with Gasteiger partial charge in [0, 0.05) is 13.2 Å². The molecule has 0 aromatic carbocycles. The molecule has 1 fully saturated rings. The van der Waals surface area contributed by atoms with E-state index in [1.54, 1.807) is 13.8 Å². The van der Waals surface area contributed by atoms with Crippen molar-refractivity contribution in [1.82, 2.24) is 5.32 Å². The molecule has 0 radical (unpaired) electrons. The summed E-state index contributed by atoms with van der Waals surface area (Å²) in [4.78, 5) is 11.3. The highest BCUT2D eigenvalue weighted by Crippen LogP contribution is 2.11. The Kier molecular flexibility index (Phi) is 3.27. The maximum atomic E-state index is 11.3. The van der Waals surface area contributed by atoms with Crippen molar-refractivity contribution in [3.8, 4) is 0 Å². The third-order valence-electron chi connectivity index (χ3n) is 1.92. The predicted octanol–water partition coefficient (Wildman–Crippen LogP) is 0.0525. The van der Waals surface area contributed by atoms with E-state index in [1.807, 2.05) is 0 Å². The lowest BCUT2D eigenvalue weighted by Crippen LogP contribution is -2.42. The summed E-state index contributed by atoms with van der Waals surface area (Å²) in [6.07, 6.45) is 1.43. The number of aliphatic hydroxyl groups is 1. The second kappa shape index (κ2) is 4.07. The van der Waals surface area contributed by atoms with Crippen molar-refractivity contribution in [2.75, 3.05) is 13.2 Å². The molecule has 1 rings (SSSR count). The summed E-state index contributed by atoms with van der Waals surface area (Å²) in [6, 6.07) is 0. The quantitative estimate of drug-likeness (QED) is 0.656. The lowest BCUT2D eigenvalue weighted by Gasteiger charge is -2.19.